The number of oxazole rings is 1. The summed E-state index contributed by atoms with van der Waals surface area (Å²) in [5.41, 5.74) is 1.81. The van der Waals surface area contributed by atoms with Crippen molar-refractivity contribution in [2.75, 3.05) is 0 Å². The molecule has 1 amide bonds. The van der Waals surface area contributed by atoms with Crippen LogP contribution in [0.1, 0.15) is 56.2 Å². The van der Waals surface area contributed by atoms with Crippen molar-refractivity contribution in [3.8, 4) is 5.75 Å². The van der Waals surface area contributed by atoms with Crippen LogP contribution in [0.4, 0.5) is 4.79 Å². The van der Waals surface area contributed by atoms with Crippen molar-refractivity contribution in [2.45, 2.75) is 63.5 Å². The third kappa shape index (κ3) is 4.24. The fraction of sp³-hybridized carbons (Fsp3) is 0.476. The van der Waals surface area contributed by atoms with Crippen LogP contribution < -0.4 is 10.1 Å². The third-order valence-electron chi connectivity index (χ3n) is 5.54. The molecule has 1 aromatic carbocycles. The van der Waals surface area contributed by atoms with E-state index in [-0.39, 0.29) is 15.8 Å². The lowest BCUT2D eigenvalue weighted by Crippen LogP contribution is -2.30. The van der Waals surface area contributed by atoms with Crippen molar-refractivity contribution in [2.24, 2.45) is 0 Å². The Kier molecular flexibility index (Phi) is 5.44. The predicted octanol–water partition coefficient (Wildman–Crippen LogP) is 4.37. The second-order valence-corrected chi connectivity index (χ2v) is 8.78. The Bertz CT molecular complexity index is 856. The number of amides is 1. The topological polar surface area (TPSA) is 81.4 Å². The van der Waals surface area contributed by atoms with Gasteiger partial charge in [0.15, 0.2) is 5.89 Å². The standard InChI is InChI=1S/C21H24N2O4S/c1-21(9-3-2-4-10-21)19-22-15(13-27-19)12-26-16-7-5-14(6-8-16)11-17-18(24)28-20(25)23-17/h5-8,13,17H,2-4,9-12H2,1H3,(H,23,25). The molecule has 148 valence electrons. The summed E-state index contributed by atoms with van der Waals surface area (Å²) in [6.07, 6.45) is 8.17. The first-order valence-corrected chi connectivity index (χ1v) is 10.5. The van der Waals surface area contributed by atoms with E-state index in [1.165, 1.54) is 19.3 Å². The molecule has 0 radical (unpaired) electrons. The monoisotopic (exact) mass is 400 g/mol. The number of carbonyl (C=O) groups excluding carboxylic acids is 2. The first kappa shape index (κ1) is 19.1. The van der Waals surface area contributed by atoms with Crippen molar-refractivity contribution in [3.05, 3.63) is 47.7 Å². The van der Waals surface area contributed by atoms with Gasteiger partial charge < -0.3 is 14.5 Å². The number of hydrogen-bond donors (Lipinski definition) is 1. The second-order valence-electron chi connectivity index (χ2n) is 7.81. The molecule has 6 nitrogen and oxygen atoms in total. The van der Waals surface area contributed by atoms with Crippen molar-refractivity contribution in [1.29, 1.82) is 0 Å². The van der Waals surface area contributed by atoms with Gasteiger partial charge >= 0.3 is 0 Å². The number of hydrogen-bond acceptors (Lipinski definition) is 6. The summed E-state index contributed by atoms with van der Waals surface area (Å²) < 4.78 is 11.6. The molecule has 1 saturated heterocycles. The molecule has 1 N–H and O–H groups in total. The van der Waals surface area contributed by atoms with Crippen LogP contribution in [0.3, 0.4) is 0 Å². The molecule has 7 heteroatoms. The van der Waals surface area contributed by atoms with Crippen molar-refractivity contribution in [3.63, 3.8) is 0 Å². The fourth-order valence-corrected chi connectivity index (χ4v) is 4.51. The van der Waals surface area contributed by atoms with Gasteiger partial charge in [0.1, 0.15) is 30.4 Å². The van der Waals surface area contributed by atoms with E-state index in [0.29, 0.717) is 13.0 Å². The van der Waals surface area contributed by atoms with Gasteiger partial charge in [-0.05, 0) is 30.5 Å². The molecular formula is C21H24N2O4S. The fourth-order valence-electron chi connectivity index (χ4n) is 3.84. The van der Waals surface area contributed by atoms with E-state index in [1.54, 1.807) is 6.26 Å². The number of aromatic nitrogens is 1. The van der Waals surface area contributed by atoms with Gasteiger partial charge in [-0.3, -0.25) is 9.59 Å². The molecule has 0 bridgehead atoms. The summed E-state index contributed by atoms with van der Waals surface area (Å²) in [4.78, 5) is 27.6. The number of thioether (sulfide) groups is 1. The number of rotatable bonds is 6. The zero-order valence-electron chi connectivity index (χ0n) is 15.9. The number of carbonyl (C=O) groups is 2. The van der Waals surface area contributed by atoms with Crippen LogP contribution in [0.15, 0.2) is 34.9 Å². The van der Waals surface area contributed by atoms with Crippen molar-refractivity contribution < 1.29 is 18.7 Å². The van der Waals surface area contributed by atoms with E-state index < -0.39 is 6.04 Å². The van der Waals surface area contributed by atoms with Crippen LogP contribution in [0.2, 0.25) is 0 Å². The molecular weight excluding hydrogens is 376 g/mol. The average molecular weight is 401 g/mol. The van der Waals surface area contributed by atoms with Crippen LogP contribution in [-0.2, 0) is 23.2 Å². The van der Waals surface area contributed by atoms with E-state index in [9.17, 15) is 9.59 Å². The van der Waals surface area contributed by atoms with Gasteiger partial charge in [-0.25, -0.2) is 4.98 Å². The van der Waals surface area contributed by atoms with Gasteiger partial charge in [0, 0.05) is 23.6 Å². The Hall–Kier alpha value is -2.28. The summed E-state index contributed by atoms with van der Waals surface area (Å²) >= 11 is 0.739. The summed E-state index contributed by atoms with van der Waals surface area (Å²) in [5, 5.41) is 2.27. The molecule has 1 saturated carbocycles. The van der Waals surface area contributed by atoms with Gasteiger partial charge in [0.05, 0.1) is 0 Å². The Labute approximate surface area is 168 Å². The lowest BCUT2D eigenvalue weighted by Gasteiger charge is -2.30. The molecule has 2 heterocycles. The summed E-state index contributed by atoms with van der Waals surface area (Å²) in [7, 11) is 0. The van der Waals surface area contributed by atoms with E-state index in [0.717, 1.165) is 47.5 Å². The summed E-state index contributed by atoms with van der Waals surface area (Å²) in [6.45, 7) is 2.59. The van der Waals surface area contributed by atoms with Crippen LogP contribution in [0.5, 0.6) is 5.75 Å². The number of ether oxygens (including phenoxy) is 1. The summed E-state index contributed by atoms with van der Waals surface area (Å²) in [5.74, 6) is 1.55. The average Bonchev–Trinajstić information content (AvgIpc) is 3.29. The Balaban J connectivity index is 1.32. The molecule has 0 spiro atoms. The highest BCUT2D eigenvalue weighted by atomic mass is 32.2. The maximum Gasteiger partial charge on any atom is 0.287 e. The normalized spacial score (nSPS) is 21.5. The van der Waals surface area contributed by atoms with Crippen LogP contribution in [0.25, 0.3) is 0 Å². The van der Waals surface area contributed by atoms with E-state index in [1.807, 2.05) is 24.3 Å². The smallest absolute Gasteiger partial charge is 0.287 e. The Morgan fingerprint density at radius 3 is 2.64 bits per heavy atom. The first-order chi connectivity index (χ1) is 13.5. The van der Waals surface area contributed by atoms with Crippen molar-refractivity contribution >= 4 is 22.1 Å². The quantitative estimate of drug-likeness (QED) is 0.775. The van der Waals surface area contributed by atoms with Crippen molar-refractivity contribution in [1.82, 2.24) is 10.3 Å². The second kappa shape index (κ2) is 7.99. The molecule has 4 rings (SSSR count). The lowest BCUT2D eigenvalue weighted by molar-refractivity contribution is -0.112. The van der Waals surface area contributed by atoms with Gasteiger partial charge in [0.25, 0.3) is 5.24 Å². The minimum Gasteiger partial charge on any atom is -0.487 e. The Morgan fingerprint density at radius 2 is 1.96 bits per heavy atom. The third-order valence-corrected chi connectivity index (χ3v) is 6.33. The van der Waals surface area contributed by atoms with E-state index in [4.69, 9.17) is 9.15 Å². The molecule has 1 aliphatic carbocycles. The van der Waals surface area contributed by atoms with E-state index >= 15 is 0 Å². The molecule has 2 aliphatic rings. The Morgan fingerprint density at radius 1 is 1.21 bits per heavy atom. The maximum atomic E-state index is 11.7. The summed E-state index contributed by atoms with van der Waals surface area (Å²) in [6, 6.07) is 7.11. The van der Waals surface area contributed by atoms with Gasteiger partial charge in [-0.15, -0.1) is 0 Å². The van der Waals surface area contributed by atoms with Crippen LogP contribution in [0, 0.1) is 0 Å². The predicted molar refractivity (Wildman–Crippen MR) is 106 cm³/mol. The highest BCUT2D eigenvalue weighted by molar-refractivity contribution is 8.26. The molecule has 28 heavy (non-hydrogen) atoms. The molecule has 1 unspecified atom stereocenters. The van der Waals surface area contributed by atoms with Crippen LogP contribution >= 0.6 is 11.8 Å². The number of nitrogens with one attached hydrogen (secondary N) is 1. The molecule has 2 fully saturated rings. The minimum atomic E-state index is -0.445. The van der Waals surface area contributed by atoms with E-state index in [2.05, 4.69) is 17.2 Å². The minimum absolute atomic E-state index is 0.0452. The molecule has 1 aromatic heterocycles. The first-order valence-electron chi connectivity index (χ1n) is 9.71. The van der Waals surface area contributed by atoms with Gasteiger partial charge in [-0.1, -0.05) is 38.3 Å². The zero-order chi connectivity index (χ0) is 19.6. The zero-order valence-corrected chi connectivity index (χ0v) is 16.7. The molecule has 1 atom stereocenters. The van der Waals surface area contributed by atoms with Crippen LogP contribution in [-0.4, -0.2) is 21.4 Å². The molecule has 2 aromatic rings. The highest BCUT2D eigenvalue weighted by Gasteiger charge is 2.33. The van der Waals surface area contributed by atoms with Gasteiger partial charge in [-0.2, -0.15) is 0 Å². The highest BCUT2D eigenvalue weighted by Crippen LogP contribution is 2.38. The largest absolute Gasteiger partial charge is 0.487 e. The SMILES string of the molecule is CC1(c2nc(COc3ccc(CC4NC(=O)SC4=O)cc3)co2)CCCCC1. The lowest BCUT2D eigenvalue weighted by atomic mass is 9.76. The number of nitrogens with zero attached hydrogens (tertiary/aromatic N) is 1. The maximum absolute atomic E-state index is 11.7. The van der Waals surface area contributed by atoms with Gasteiger partial charge in [0.2, 0.25) is 5.12 Å². The number of benzene rings is 1. The molecule has 1 aliphatic heterocycles.